The highest BCUT2D eigenvalue weighted by Gasteiger charge is 2.01. The fraction of sp³-hybridized carbons (Fsp3) is 0.500. The van der Waals surface area contributed by atoms with E-state index in [2.05, 4.69) is 17.6 Å². The Morgan fingerprint density at radius 2 is 2.11 bits per heavy atom. The highest BCUT2D eigenvalue weighted by molar-refractivity contribution is 5.77. The van der Waals surface area contributed by atoms with Crippen LogP contribution in [0.15, 0.2) is 24.3 Å². The topological polar surface area (TPSA) is 50.4 Å². The van der Waals surface area contributed by atoms with E-state index in [4.69, 9.17) is 4.74 Å². The predicted octanol–water partition coefficient (Wildman–Crippen LogP) is 1.49. The SMILES string of the molecule is CCCNCCNC(=O)COc1cccc(C)c1. The molecule has 0 saturated carbocycles. The molecule has 0 saturated heterocycles. The molecule has 0 bridgehead atoms. The molecular weight excluding hydrogens is 228 g/mol. The van der Waals surface area contributed by atoms with Crippen LogP contribution in [0.25, 0.3) is 0 Å². The Labute approximate surface area is 109 Å². The van der Waals surface area contributed by atoms with Crippen molar-refractivity contribution < 1.29 is 9.53 Å². The molecule has 0 unspecified atom stereocenters. The van der Waals surface area contributed by atoms with Crippen LogP contribution in [0, 0.1) is 6.92 Å². The Bertz CT molecular complexity index is 367. The number of carbonyl (C=O) groups is 1. The minimum Gasteiger partial charge on any atom is -0.484 e. The molecular formula is C14H22N2O2. The van der Waals surface area contributed by atoms with E-state index in [9.17, 15) is 4.79 Å². The third-order valence-electron chi connectivity index (χ3n) is 2.41. The van der Waals surface area contributed by atoms with Crippen LogP contribution in [0.2, 0.25) is 0 Å². The van der Waals surface area contributed by atoms with Gasteiger partial charge in [0.05, 0.1) is 0 Å². The van der Waals surface area contributed by atoms with Crippen molar-refractivity contribution in [3.8, 4) is 5.75 Å². The monoisotopic (exact) mass is 250 g/mol. The highest BCUT2D eigenvalue weighted by atomic mass is 16.5. The lowest BCUT2D eigenvalue weighted by Crippen LogP contribution is -2.35. The van der Waals surface area contributed by atoms with Crippen LogP contribution in [0.1, 0.15) is 18.9 Å². The van der Waals surface area contributed by atoms with Gasteiger partial charge >= 0.3 is 0 Å². The van der Waals surface area contributed by atoms with Gasteiger partial charge in [-0.2, -0.15) is 0 Å². The number of benzene rings is 1. The molecule has 2 N–H and O–H groups in total. The number of aryl methyl sites for hydroxylation is 1. The number of amides is 1. The van der Waals surface area contributed by atoms with E-state index >= 15 is 0 Å². The lowest BCUT2D eigenvalue weighted by atomic mass is 10.2. The average molecular weight is 250 g/mol. The molecule has 0 spiro atoms. The maximum absolute atomic E-state index is 11.5. The number of hydrogen-bond acceptors (Lipinski definition) is 3. The van der Waals surface area contributed by atoms with E-state index in [0.29, 0.717) is 6.54 Å². The van der Waals surface area contributed by atoms with Gasteiger partial charge in [-0.05, 0) is 37.6 Å². The summed E-state index contributed by atoms with van der Waals surface area (Å²) in [5.74, 6) is 0.643. The molecule has 0 atom stereocenters. The standard InChI is InChI=1S/C14H22N2O2/c1-3-7-15-8-9-16-14(17)11-18-13-6-4-5-12(2)10-13/h4-6,10,15H,3,7-9,11H2,1-2H3,(H,16,17). The molecule has 1 rings (SSSR count). The van der Waals surface area contributed by atoms with Crippen molar-refractivity contribution in [2.45, 2.75) is 20.3 Å². The van der Waals surface area contributed by atoms with Gasteiger partial charge in [-0.15, -0.1) is 0 Å². The first kappa shape index (κ1) is 14.5. The van der Waals surface area contributed by atoms with Crippen molar-refractivity contribution in [1.29, 1.82) is 0 Å². The van der Waals surface area contributed by atoms with Gasteiger partial charge in [0.25, 0.3) is 5.91 Å². The second-order valence-electron chi connectivity index (χ2n) is 4.21. The Morgan fingerprint density at radius 3 is 2.83 bits per heavy atom. The Balaban J connectivity index is 2.13. The molecule has 0 aliphatic heterocycles. The lowest BCUT2D eigenvalue weighted by Gasteiger charge is -2.08. The molecule has 1 aromatic rings. The minimum absolute atomic E-state index is 0.0667. The van der Waals surface area contributed by atoms with Crippen molar-refractivity contribution in [1.82, 2.24) is 10.6 Å². The number of rotatable bonds is 8. The smallest absolute Gasteiger partial charge is 0.257 e. The number of nitrogens with one attached hydrogen (secondary N) is 2. The summed E-state index contributed by atoms with van der Waals surface area (Å²) < 4.78 is 5.39. The first-order valence-electron chi connectivity index (χ1n) is 6.39. The van der Waals surface area contributed by atoms with Crippen LogP contribution >= 0.6 is 0 Å². The second-order valence-corrected chi connectivity index (χ2v) is 4.21. The molecule has 0 aliphatic rings. The first-order chi connectivity index (χ1) is 8.72. The van der Waals surface area contributed by atoms with Crippen molar-refractivity contribution in [3.05, 3.63) is 29.8 Å². The van der Waals surface area contributed by atoms with E-state index < -0.39 is 0 Å². The van der Waals surface area contributed by atoms with E-state index in [0.717, 1.165) is 30.8 Å². The van der Waals surface area contributed by atoms with Gasteiger partial charge in [0.2, 0.25) is 0 Å². The highest BCUT2D eigenvalue weighted by Crippen LogP contribution is 2.11. The fourth-order valence-corrected chi connectivity index (χ4v) is 1.50. The van der Waals surface area contributed by atoms with Crippen LogP contribution in [0.3, 0.4) is 0 Å². The number of carbonyl (C=O) groups excluding carboxylic acids is 1. The molecule has 0 radical (unpaired) electrons. The number of hydrogen-bond donors (Lipinski definition) is 2. The molecule has 1 aromatic carbocycles. The summed E-state index contributed by atoms with van der Waals surface area (Å²) in [5.41, 5.74) is 1.12. The normalized spacial score (nSPS) is 10.1. The van der Waals surface area contributed by atoms with Crippen LogP contribution in [-0.4, -0.2) is 32.1 Å². The third-order valence-corrected chi connectivity index (χ3v) is 2.41. The predicted molar refractivity (Wildman–Crippen MR) is 72.8 cm³/mol. The molecule has 4 heteroatoms. The van der Waals surface area contributed by atoms with Gasteiger partial charge in [0.15, 0.2) is 6.61 Å². The molecule has 100 valence electrons. The van der Waals surface area contributed by atoms with Gasteiger partial charge in [-0.3, -0.25) is 4.79 Å². The summed E-state index contributed by atoms with van der Waals surface area (Å²) in [6, 6.07) is 7.67. The molecule has 18 heavy (non-hydrogen) atoms. The zero-order valence-corrected chi connectivity index (χ0v) is 11.2. The summed E-state index contributed by atoms with van der Waals surface area (Å²) in [7, 11) is 0. The zero-order chi connectivity index (χ0) is 13.2. The maximum Gasteiger partial charge on any atom is 0.257 e. The van der Waals surface area contributed by atoms with Crippen molar-refractivity contribution >= 4 is 5.91 Å². The zero-order valence-electron chi connectivity index (χ0n) is 11.2. The van der Waals surface area contributed by atoms with Crippen molar-refractivity contribution in [2.75, 3.05) is 26.2 Å². The van der Waals surface area contributed by atoms with Gasteiger partial charge in [-0.25, -0.2) is 0 Å². The molecule has 4 nitrogen and oxygen atoms in total. The number of ether oxygens (including phenoxy) is 1. The molecule has 1 amide bonds. The largest absolute Gasteiger partial charge is 0.484 e. The fourth-order valence-electron chi connectivity index (χ4n) is 1.50. The van der Waals surface area contributed by atoms with Gasteiger partial charge in [-0.1, -0.05) is 19.1 Å². The minimum atomic E-state index is -0.0881. The Morgan fingerprint density at radius 1 is 1.28 bits per heavy atom. The van der Waals surface area contributed by atoms with Crippen molar-refractivity contribution in [3.63, 3.8) is 0 Å². The summed E-state index contributed by atoms with van der Waals surface area (Å²) in [6.07, 6.45) is 1.10. The van der Waals surface area contributed by atoms with Crippen LogP contribution in [-0.2, 0) is 4.79 Å². The van der Waals surface area contributed by atoms with Crippen LogP contribution in [0.5, 0.6) is 5.75 Å². The molecule has 0 fully saturated rings. The van der Waals surface area contributed by atoms with Crippen LogP contribution in [0.4, 0.5) is 0 Å². The van der Waals surface area contributed by atoms with Crippen molar-refractivity contribution in [2.24, 2.45) is 0 Å². The van der Waals surface area contributed by atoms with E-state index in [1.54, 1.807) is 0 Å². The quantitative estimate of drug-likeness (QED) is 0.687. The van der Waals surface area contributed by atoms with Gasteiger partial charge in [0, 0.05) is 13.1 Å². The molecule has 0 aromatic heterocycles. The molecule has 0 heterocycles. The average Bonchev–Trinajstić information content (AvgIpc) is 2.36. The van der Waals surface area contributed by atoms with Gasteiger partial charge in [0.1, 0.15) is 5.75 Å². The second kappa shape index (κ2) is 8.53. The molecule has 0 aliphatic carbocycles. The Kier molecular flexibility index (Phi) is 6.87. The summed E-state index contributed by atoms with van der Waals surface area (Å²) >= 11 is 0. The first-order valence-corrected chi connectivity index (χ1v) is 6.39. The maximum atomic E-state index is 11.5. The third kappa shape index (κ3) is 6.25. The Hall–Kier alpha value is -1.55. The van der Waals surface area contributed by atoms with E-state index in [-0.39, 0.29) is 12.5 Å². The summed E-state index contributed by atoms with van der Waals surface area (Å²) in [5, 5.41) is 6.02. The lowest BCUT2D eigenvalue weighted by molar-refractivity contribution is -0.123. The van der Waals surface area contributed by atoms with Gasteiger partial charge < -0.3 is 15.4 Å². The summed E-state index contributed by atoms with van der Waals surface area (Å²) in [6.45, 7) is 6.58. The van der Waals surface area contributed by atoms with E-state index in [1.165, 1.54) is 0 Å². The summed E-state index contributed by atoms with van der Waals surface area (Å²) in [4.78, 5) is 11.5. The van der Waals surface area contributed by atoms with E-state index in [1.807, 2.05) is 31.2 Å². The van der Waals surface area contributed by atoms with Crippen LogP contribution < -0.4 is 15.4 Å².